The SMILES string of the molecule is CCOc1ccccc1N(CC(=O)N(Cc1ccccc1C)[C@H](CC)C(=O)NCC(C)C)S(=O)(=O)c1ccc(Cl)cc1. The van der Waals surface area contributed by atoms with Gasteiger partial charge in [0.25, 0.3) is 10.0 Å². The summed E-state index contributed by atoms with van der Waals surface area (Å²) >= 11 is 6.04. The Labute approximate surface area is 254 Å². The molecule has 42 heavy (non-hydrogen) atoms. The van der Waals surface area contributed by atoms with Gasteiger partial charge in [0.05, 0.1) is 17.2 Å². The number of nitrogens with zero attached hydrogens (tertiary/aromatic N) is 2. The molecule has 1 atom stereocenters. The minimum absolute atomic E-state index is 0.0295. The number of carbonyl (C=O) groups is 2. The molecular formula is C32H40ClN3O5S. The third-order valence-electron chi connectivity index (χ3n) is 6.79. The molecule has 0 aliphatic heterocycles. The summed E-state index contributed by atoms with van der Waals surface area (Å²) in [6.07, 6.45) is 0.348. The largest absolute Gasteiger partial charge is 0.492 e. The highest BCUT2D eigenvalue weighted by atomic mass is 35.5. The van der Waals surface area contributed by atoms with Crippen LogP contribution in [0.15, 0.2) is 77.7 Å². The minimum atomic E-state index is -4.25. The first-order valence-corrected chi connectivity index (χ1v) is 15.9. The molecule has 0 aliphatic rings. The first-order chi connectivity index (χ1) is 20.0. The van der Waals surface area contributed by atoms with E-state index >= 15 is 0 Å². The number of ether oxygens (including phenoxy) is 1. The Balaban J connectivity index is 2.11. The summed E-state index contributed by atoms with van der Waals surface area (Å²) in [6, 6.07) is 19.3. The Hall–Kier alpha value is -3.56. The molecule has 0 aliphatic carbocycles. The molecule has 3 aromatic rings. The molecule has 10 heteroatoms. The van der Waals surface area contributed by atoms with Gasteiger partial charge < -0.3 is 15.0 Å². The summed E-state index contributed by atoms with van der Waals surface area (Å²) < 4.78 is 35.0. The number of para-hydroxylation sites is 2. The van der Waals surface area contributed by atoms with Crippen LogP contribution in [0.2, 0.25) is 5.02 Å². The Morgan fingerprint density at radius 1 is 0.952 bits per heavy atom. The van der Waals surface area contributed by atoms with Gasteiger partial charge in [-0.2, -0.15) is 0 Å². The molecule has 1 N–H and O–H groups in total. The van der Waals surface area contributed by atoms with Crippen LogP contribution in [0.25, 0.3) is 0 Å². The molecule has 0 spiro atoms. The van der Waals surface area contributed by atoms with E-state index in [2.05, 4.69) is 5.32 Å². The monoisotopic (exact) mass is 613 g/mol. The van der Waals surface area contributed by atoms with Crippen molar-refractivity contribution in [1.29, 1.82) is 0 Å². The molecule has 0 fully saturated rings. The van der Waals surface area contributed by atoms with Crippen LogP contribution >= 0.6 is 11.6 Å². The van der Waals surface area contributed by atoms with E-state index in [-0.39, 0.29) is 29.0 Å². The molecule has 0 radical (unpaired) electrons. The fourth-order valence-corrected chi connectivity index (χ4v) is 6.05. The van der Waals surface area contributed by atoms with Crippen LogP contribution in [0.1, 0.15) is 45.2 Å². The number of hydrogen-bond acceptors (Lipinski definition) is 5. The Bertz CT molecular complexity index is 1460. The van der Waals surface area contributed by atoms with Crippen LogP contribution in [0.5, 0.6) is 5.75 Å². The smallest absolute Gasteiger partial charge is 0.264 e. The Morgan fingerprint density at radius 2 is 1.60 bits per heavy atom. The van der Waals surface area contributed by atoms with Gasteiger partial charge in [0.15, 0.2) is 0 Å². The second-order valence-corrected chi connectivity index (χ2v) is 12.7. The minimum Gasteiger partial charge on any atom is -0.492 e. The first-order valence-electron chi connectivity index (χ1n) is 14.1. The maximum absolute atomic E-state index is 14.3. The van der Waals surface area contributed by atoms with E-state index in [1.54, 1.807) is 31.2 Å². The third-order valence-corrected chi connectivity index (χ3v) is 8.81. The lowest BCUT2D eigenvalue weighted by Gasteiger charge is -2.34. The second-order valence-electron chi connectivity index (χ2n) is 10.4. The molecule has 0 saturated heterocycles. The van der Waals surface area contributed by atoms with Gasteiger partial charge in [0.2, 0.25) is 11.8 Å². The fourth-order valence-electron chi connectivity index (χ4n) is 4.50. The number of nitrogens with one attached hydrogen (secondary N) is 1. The number of halogens is 1. The summed E-state index contributed by atoms with van der Waals surface area (Å²) in [7, 11) is -4.25. The van der Waals surface area contributed by atoms with Crippen molar-refractivity contribution in [2.24, 2.45) is 5.92 Å². The van der Waals surface area contributed by atoms with E-state index in [4.69, 9.17) is 16.3 Å². The van der Waals surface area contributed by atoms with Crippen LogP contribution in [0, 0.1) is 12.8 Å². The number of amides is 2. The predicted molar refractivity (Wildman–Crippen MR) is 167 cm³/mol. The van der Waals surface area contributed by atoms with Crippen LogP contribution in [0.3, 0.4) is 0 Å². The molecule has 0 unspecified atom stereocenters. The van der Waals surface area contributed by atoms with Crippen molar-refractivity contribution in [2.45, 2.75) is 58.5 Å². The van der Waals surface area contributed by atoms with E-state index in [1.807, 2.05) is 52.0 Å². The molecule has 0 heterocycles. The number of benzene rings is 3. The van der Waals surface area contributed by atoms with Crippen molar-refractivity contribution in [2.75, 3.05) is 24.0 Å². The van der Waals surface area contributed by atoms with Crippen LogP contribution in [0.4, 0.5) is 5.69 Å². The Kier molecular flexibility index (Phi) is 11.8. The van der Waals surface area contributed by atoms with Gasteiger partial charge >= 0.3 is 0 Å². The number of anilines is 1. The predicted octanol–water partition coefficient (Wildman–Crippen LogP) is 5.82. The van der Waals surface area contributed by atoms with Gasteiger partial charge in [-0.25, -0.2) is 8.42 Å². The zero-order chi connectivity index (χ0) is 30.9. The van der Waals surface area contributed by atoms with Gasteiger partial charge in [-0.15, -0.1) is 0 Å². The first kappa shape index (κ1) is 32.9. The lowest BCUT2D eigenvalue weighted by molar-refractivity contribution is -0.140. The summed E-state index contributed by atoms with van der Waals surface area (Å²) in [5.41, 5.74) is 2.04. The van der Waals surface area contributed by atoms with Crippen molar-refractivity contribution >= 4 is 39.1 Å². The topological polar surface area (TPSA) is 96.0 Å². The third kappa shape index (κ3) is 8.26. The summed E-state index contributed by atoms with van der Waals surface area (Å²) in [5, 5.41) is 3.33. The van der Waals surface area contributed by atoms with Gasteiger partial charge in [-0.3, -0.25) is 13.9 Å². The molecule has 0 aromatic heterocycles. The molecule has 3 rings (SSSR count). The molecule has 0 saturated carbocycles. The summed E-state index contributed by atoms with van der Waals surface area (Å²) in [4.78, 5) is 29.1. The van der Waals surface area contributed by atoms with Crippen molar-refractivity contribution in [3.8, 4) is 5.75 Å². The van der Waals surface area contributed by atoms with Crippen molar-refractivity contribution < 1.29 is 22.7 Å². The average Bonchev–Trinajstić information content (AvgIpc) is 2.96. The highest BCUT2D eigenvalue weighted by Gasteiger charge is 2.35. The van der Waals surface area contributed by atoms with Gasteiger partial charge in [-0.1, -0.05) is 68.8 Å². The van der Waals surface area contributed by atoms with Gasteiger partial charge in [0.1, 0.15) is 18.3 Å². The van der Waals surface area contributed by atoms with Crippen molar-refractivity contribution in [3.63, 3.8) is 0 Å². The van der Waals surface area contributed by atoms with Gasteiger partial charge in [-0.05, 0) is 73.7 Å². The molecule has 0 bridgehead atoms. The Morgan fingerprint density at radius 3 is 2.21 bits per heavy atom. The zero-order valence-corrected chi connectivity index (χ0v) is 26.4. The van der Waals surface area contributed by atoms with E-state index in [1.165, 1.54) is 29.2 Å². The highest BCUT2D eigenvalue weighted by molar-refractivity contribution is 7.92. The maximum atomic E-state index is 14.3. The highest BCUT2D eigenvalue weighted by Crippen LogP contribution is 2.33. The molecule has 2 amide bonds. The van der Waals surface area contributed by atoms with Gasteiger partial charge in [0, 0.05) is 18.1 Å². The molecular weight excluding hydrogens is 574 g/mol. The molecule has 3 aromatic carbocycles. The lowest BCUT2D eigenvalue weighted by atomic mass is 10.1. The average molecular weight is 614 g/mol. The lowest BCUT2D eigenvalue weighted by Crippen LogP contribution is -2.52. The number of aryl methyl sites for hydroxylation is 1. The zero-order valence-electron chi connectivity index (χ0n) is 24.8. The maximum Gasteiger partial charge on any atom is 0.264 e. The van der Waals surface area contributed by atoms with Crippen molar-refractivity contribution in [3.05, 3.63) is 88.9 Å². The second kappa shape index (κ2) is 15.1. The van der Waals surface area contributed by atoms with E-state index in [0.29, 0.717) is 30.3 Å². The van der Waals surface area contributed by atoms with E-state index in [9.17, 15) is 18.0 Å². The van der Waals surface area contributed by atoms with Crippen molar-refractivity contribution in [1.82, 2.24) is 10.2 Å². The van der Waals surface area contributed by atoms with Crippen LogP contribution < -0.4 is 14.4 Å². The standard InChI is InChI=1S/C32H40ClN3O5S/c1-6-28(32(38)34-20-23(3)4)35(21-25-13-9-8-12-24(25)5)31(37)22-36(29-14-10-11-15-30(29)41-7-2)42(39,40)27-18-16-26(33)17-19-27/h8-19,23,28H,6-7,20-22H2,1-5H3,(H,34,38)/t28-/m1/s1. The van der Waals surface area contributed by atoms with Crippen LogP contribution in [-0.4, -0.2) is 50.9 Å². The van der Waals surface area contributed by atoms with E-state index in [0.717, 1.165) is 15.4 Å². The number of sulfonamides is 1. The van der Waals surface area contributed by atoms with E-state index < -0.39 is 28.5 Å². The number of hydrogen-bond donors (Lipinski definition) is 1. The molecule has 226 valence electrons. The van der Waals surface area contributed by atoms with Crippen LogP contribution in [-0.2, 0) is 26.2 Å². The summed E-state index contributed by atoms with van der Waals surface area (Å²) in [6.45, 7) is 9.91. The summed E-state index contributed by atoms with van der Waals surface area (Å²) in [5.74, 6) is -0.261. The fraction of sp³-hybridized carbons (Fsp3) is 0.375. The normalized spacial score (nSPS) is 12.1. The number of carbonyl (C=O) groups excluding carboxylic acids is 2. The quantitative estimate of drug-likeness (QED) is 0.247. The molecule has 8 nitrogen and oxygen atoms in total. The number of rotatable bonds is 14.